The summed E-state index contributed by atoms with van der Waals surface area (Å²) in [6.45, 7) is 8.72. The summed E-state index contributed by atoms with van der Waals surface area (Å²) in [6.07, 6.45) is 4.51. The predicted molar refractivity (Wildman–Crippen MR) is 213 cm³/mol. The van der Waals surface area contributed by atoms with E-state index in [0.717, 1.165) is 79.1 Å². The maximum absolute atomic E-state index is 13.4. The maximum atomic E-state index is 13.4. The number of rotatable bonds is 14. The molecule has 0 unspecified atom stereocenters. The number of carbonyl (C=O) groups is 2. The SMILES string of the molecule is CCCCc1cc(NC(=O)Nc2ccc(Oc3ccnc(Nc4cccc(C(=O)NCCN5CCOCC5)c4)n3)c3ccccc23)n(-c2cc(C)cs2)n1. The number of unbranched alkanes of at least 4 members (excludes halogenated alkanes) is 1. The zero-order valence-electron chi connectivity index (χ0n) is 30.3. The summed E-state index contributed by atoms with van der Waals surface area (Å²) < 4.78 is 13.5. The van der Waals surface area contributed by atoms with Crippen LogP contribution >= 0.6 is 11.3 Å². The van der Waals surface area contributed by atoms with Crippen molar-refractivity contribution in [2.45, 2.75) is 33.1 Å². The molecule has 0 aliphatic carbocycles. The van der Waals surface area contributed by atoms with E-state index in [2.05, 4.69) is 54.5 Å². The average Bonchev–Trinajstić information content (AvgIpc) is 3.80. The lowest BCUT2D eigenvalue weighted by Crippen LogP contribution is -2.41. The number of carbonyl (C=O) groups excluding carboxylic acids is 2. The summed E-state index contributed by atoms with van der Waals surface area (Å²) in [6, 6.07) is 23.8. The molecule has 1 fully saturated rings. The molecule has 7 rings (SSSR count). The van der Waals surface area contributed by atoms with Gasteiger partial charge in [-0.2, -0.15) is 10.1 Å². The first-order valence-electron chi connectivity index (χ1n) is 18.1. The van der Waals surface area contributed by atoms with Crippen molar-refractivity contribution >= 4 is 57.2 Å². The summed E-state index contributed by atoms with van der Waals surface area (Å²) >= 11 is 1.58. The van der Waals surface area contributed by atoms with Gasteiger partial charge in [-0.1, -0.05) is 43.7 Å². The molecule has 14 heteroatoms. The fourth-order valence-corrected chi connectivity index (χ4v) is 6.99. The third-order valence-electron chi connectivity index (χ3n) is 8.89. The number of urea groups is 1. The van der Waals surface area contributed by atoms with Crippen molar-refractivity contribution in [3.8, 4) is 16.6 Å². The molecule has 4 N–H and O–H groups in total. The molecule has 0 saturated carbocycles. The highest BCUT2D eigenvalue weighted by Crippen LogP contribution is 2.34. The van der Waals surface area contributed by atoms with Gasteiger partial charge in [0.2, 0.25) is 11.8 Å². The van der Waals surface area contributed by atoms with Crippen LogP contribution in [0.5, 0.6) is 11.6 Å². The largest absolute Gasteiger partial charge is 0.438 e. The Labute approximate surface area is 317 Å². The number of hydrogen-bond acceptors (Lipinski definition) is 10. The molecule has 13 nitrogen and oxygen atoms in total. The molecule has 0 radical (unpaired) electrons. The molecule has 54 heavy (non-hydrogen) atoms. The molecule has 4 heterocycles. The van der Waals surface area contributed by atoms with Crippen molar-refractivity contribution in [2.24, 2.45) is 0 Å². The summed E-state index contributed by atoms with van der Waals surface area (Å²) in [4.78, 5) is 37.5. The second-order valence-corrected chi connectivity index (χ2v) is 13.9. The molecular weight excluding hydrogens is 703 g/mol. The van der Waals surface area contributed by atoms with Crippen LogP contribution in [0.4, 0.5) is 27.9 Å². The number of morpholine rings is 1. The normalized spacial score (nSPS) is 13.1. The number of ether oxygens (including phenoxy) is 2. The van der Waals surface area contributed by atoms with Gasteiger partial charge in [-0.05, 0) is 67.1 Å². The Morgan fingerprint density at radius 2 is 1.81 bits per heavy atom. The quantitative estimate of drug-likeness (QED) is 0.0878. The second kappa shape index (κ2) is 17.3. The molecule has 6 aromatic rings. The van der Waals surface area contributed by atoms with Crippen molar-refractivity contribution in [1.29, 1.82) is 0 Å². The molecule has 0 bridgehead atoms. The van der Waals surface area contributed by atoms with Crippen LogP contribution in [-0.4, -0.2) is 76.0 Å². The van der Waals surface area contributed by atoms with Crippen molar-refractivity contribution in [3.63, 3.8) is 0 Å². The standard InChI is InChI=1S/C40H43N9O4S/c1-3-4-9-30-25-35(49(47-30)37-23-27(2)26-54-37)45-40(51)44-33-13-14-34(32-12-6-5-11-31(32)33)53-36-15-16-42-39(46-36)43-29-10-7-8-28(24-29)38(50)41-17-18-48-19-21-52-22-20-48/h5-8,10-16,23-26H,3-4,9,17-22H2,1-2H3,(H,41,50)(H,42,43,46)(H2,44,45,51). The van der Waals surface area contributed by atoms with Gasteiger partial charge >= 0.3 is 6.03 Å². The second-order valence-electron chi connectivity index (χ2n) is 13.0. The average molecular weight is 746 g/mol. The Hall–Kier alpha value is -5.83. The van der Waals surface area contributed by atoms with Gasteiger partial charge in [0.15, 0.2) is 0 Å². The topological polar surface area (TPSA) is 148 Å². The van der Waals surface area contributed by atoms with E-state index in [1.165, 1.54) is 0 Å². The van der Waals surface area contributed by atoms with Gasteiger partial charge in [-0.25, -0.2) is 14.5 Å². The highest BCUT2D eigenvalue weighted by atomic mass is 32.1. The lowest BCUT2D eigenvalue weighted by Gasteiger charge is -2.26. The van der Waals surface area contributed by atoms with Gasteiger partial charge in [0, 0.05) is 66.5 Å². The third kappa shape index (κ3) is 9.20. The number of nitrogens with zero attached hydrogens (tertiary/aromatic N) is 5. The van der Waals surface area contributed by atoms with Crippen LogP contribution in [0.1, 0.15) is 41.4 Å². The first-order chi connectivity index (χ1) is 26.4. The van der Waals surface area contributed by atoms with Gasteiger partial charge in [-0.3, -0.25) is 15.0 Å². The number of anilines is 4. The lowest BCUT2D eigenvalue weighted by atomic mass is 10.1. The minimum Gasteiger partial charge on any atom is -0.438 e. The fraction of sp³-hybridized carbons (Fsp3) is 0.275. The van der Waals surface area contributed by atoms with E-state index >= 15 is 0 Å². The fourth-order valence-electron chi connectivity index (χ4n) is 6.13. The van der Waals surface area contributed by atoms with Crippen LogP contribution in [0.15, 0.2) is 90.4 Å². The zero-order valence-corrected chi connectivity index (χ0v) is 31.1. The zero-order chi connectivity index (χ0) is 37.3. The van der Waals surface area contributed by atoms with Gasteiger partial charge < -0.3 is 25.4 Å². The van der Waals surface area contributed by atoms with Crippen LogP contribution in [0, 0.1) is 6.92 Å². The van der Waals surface area contributed by atoms with Crippen molar-refractivity contribution in [1.82, 2.24) is 30.0 Å². The van der Waals surface area contributed by atoms with Gasteiger partial charge in [0.25, 0.3) is 5.91 Å². The Bertz CT molecular complexity index is 2230. The number of hydrogen-bond donors (Lipinski definition) is 4. The minimum absolute atomic E-state index is 0.149. The maximum Gasteiger partial charge on any atom is 0.324 e. The van der Waals surface area contributed by atoms with Crippen LogP contribution in [0.3, 0.4) is 0 Å². The number of nitrogens with one attached hydrogen (secondary N) is 4. The number of benzene rings is 3. The van der Waals surface area contributed by atoms with Crippen LogP contribution in [-0.2, 0) is 11.2 Å². The number of aryl methyl sites for hydroxylation is 2. The molecule has 3 aromatic heterocycles. The molecule has 1 saturated heterocycles. The first-order valence-corrected chi connectivity index (χ1v) is 19.0. The van der Waals surface area contributed by atoms with E-state index in [-0.39, 0.29) is 11.9 Å². The molecule has 0 atom stereocenters. The summed E-state index contributed by atoms with van der Waals surface area (Å²) in [5.74, 6) is 1.65. The monoisotopic (exact) mass is 745 g/mol. The van der Waals surface area contributed by atoms with E-state index in [0.29, 0.717) is 46.9 Å². The van der Waals surface area contributed by atoms with E-state index in [4.69, 9.17) is 14.6 Å². The summed E-state index contributed by atoms with van der Waals surface area (Å²) in [5.41, 5.74) is 3.89. The molecule has 1 aliphatic heterocycles. The number of fused-ring (bicyclic) bond motifs is 1. The lowest BCUT2D eigenvalue weighted by molar-refractivity contribution is 0.0383. The highest BCUT2D eigenvalue weighted by molar-refractivity contribution is 7.12. The Morgan fingerprint density at radius 3 is 2.63 bits per heavy atom. The molecule has 3 aromatic carbocycles. The van der Waals surface area contributed by atoms with Crippen LogP contribution < -0.4 is 26.0 Å². The van der Waals surface area contributed by atoms with E-state index in [9.17, 15) is 9.59 Å². The first kappa shape index (κ1) is 36.5. The number of thiophene rings is 1. The minimum atomic E-state index is -0.383. The Kier molecular flexibility index (Phi) is 11.7. The van der Waals surface area contributed by atoms with E-state index < -0.39 is 0 Å². The van der Waals surface area contributed by atoms with Gasteiger partial charge in [0.05, 0.1) is 24.6 Å². The van der Waals surface area contributed by atoms with Crippen molar-refractivity contribution in [2.75, 3.05) is 55.3 Å². The smallest absolute Gasteiger partial charge is 0.324 e. The number of amides is 3. The predicted octanol–water partition coefficient (Wildman–Crippen LogP) is 7.77. The van der Waals surface area contributed by atoms with Gasteiger partial charge in [-0.15, -0.1) is 11.3 Å². The molecular formula is C40H43N9O4S. The van der Waals surface area contributed by atoms with Crippen LogP contribution in [0.25, 0.3) is 15.8 Å². The number of aromatic nitrogens is 4. The Morgan fingerprint density at radius 1 is 0.963 bits per heavy atom. The molecule has 278 valence electrons. The van der Waals surface area contributed by atoms with Gasteiger partial charge in [0.1, 0.15) is 16.6 Å². The van der Waals surface area contributed by atoms with E-state index in [1.54, 1.807) is 46.5 Å². The summed E-state index contributed by atoms with van der Waals surface area (Å²) in [7, 11) is 0. The highest BCUT2D eigenvalue weighted by Gasteiger charge is 2.17. The van der Waals surface area contributed by atoms with Crippen LogP contribution in [0.2, 0.25) is 0 Å². The van der Waals surface area contributed by atoms with Crippen molar-refractivity contribution in [3.05, 3.63) is 107 Å². The third-order valence-corrected chi connectivity index (χ3v) is 9.91. The van der Waals surface area contributed by atoms with Crippen molar-refractivity contribution < 1.29 is 19.1 Å². The molecule has 1 aliphatic rings. The summed E-state index contributed by atoms with van der Waals surface area (Å²) in [5, 5.41) is 21.6. The molecule has 0 spiro atoms. The van der Waals surface area contributed by atoms with E-state index in [1.807, 2.05) is 55.5 Å². The Balaban J connectivity index is 1.01. The molecule has 3 amide bonds.